The minimum Gasteiger partial charge on any atom is -0.497 e. The van der Waals surface area contributed by atoms with Crippen LogP contribution in [0.25, 0.3) is 0 Å². The molecule has 4 heterocycles. The maximum Gasteiger partial charge on any atom is 0.175 e. The number of halogens is 3. The van der Waals surface area contributed by atoms with Crippen molar-refractivity contribution in [2.24, 2.45) is 27.4 Å². The van der Waals surface area contributed by atoms with Gasteiger partial charge < -0.3 is 45.9 Å². The minimum absolute atomic E-state index is 0.0610. The molecule has 8 fully saturated rings. The maximum atomic E-state index is 14.0. The van der Waals surface area contributed by atoms with Gasteiger partial charge >= 0.3 is 0 Å². The maximum absolute atomic E-state index is 14.0. The molecular formula is C77H92BrF2N11O8S3. The SMILES string of the molecule is COc1ccc(CN)c(OC)c1.CS(=O)(=O)c1cc(F)c(C#N)c(N2CCC3(CC2)CC3)c1.CS(=O)(=O)c1cc(N)c(C#N)c(N2CCC3(CC2)CC3)c1.Cc1ccc(CNc2cc(S(C)(=O)=O)cc(N3CCC4(CC3)CC4)c2C#N)c(C)c1.N#Cc1c(F)cc(Br)cc1N1CCC2(CC1)CC2. The third-order valence-corrected chi connectivity index (χ3v) is 25.9. The Hall–Kier alpha value is -8.17. The lowest BCUT2D eigenvalue weighted by molar-refractivity contribution is 0.384. The quantitative estimate of drug-likeness (QED) is 0.0905. The molecule has 0 bridgehead atoms. The molecule has 6 aromatic rings. The molecule has 0 amide bonds. The van der Waals surface area contributed by atoms with Crippen molar-refractivity contribution in [2.75, 3.05) is 116 Å². The summed E-state index contributed by atoms with van der Waals surface area (Å²) >= 11 is 3.30. The van der Waals surface area contributed by atoms with Crippen LogP contribution in [0.3, 0.4) is 0 Å². The lowest BCUT2D eigenvalue weighted by Gasteiger charge is -2.35. The summed E-state index contributed by atoms with van der Waals surface area (Å²) < 4.78 is 110. The Morgan fingerprint density at radius 3 is 1.23 bits per heavy atom. The number of nitrogens with two attached hydrogens (primary N) is 2. The van der Waals surface area contributed by atoms with Crippen molar-refractivity contribution in [1.82, 2.24) is 0 Å². The van der Waals surface area contributed by atoms with Gasteiger partial charge in [-0.2, -0.15) is 21.0 Å². The van der Waals surface area contributed by atoms with Gasteiger partial charge in [-0.1, -0.05) is 45.8 Å². The zero-order chi connectivity index (χ0) is 73.7. The highest BCUT2D eigenvalue weighted by atomic mass is 79.9. The van der Waals surface area contributed by atoms with Crippen LogP contribution in [0.4, 0.5) is 42.9 Å². The van der Waals surface area contributed by atoms with E-state index < -0.39 is 41.1 Å². The van der Waals surface area contributed by atoms with Gasteiger partial charge in [0.1, 0.15) is 58.5 Å². The third kappa shape index (κ3) is 18.4. The van der Waals surface area contributed by atoms with Crippen molar-refractivity contribution in [3.63, 3.8) is 0 Å². The van der Waals surface area contributed by atoms with Gasteiger partial charge in [0.05, 0.1) is 74.2 Å². The summed E-state index contributed by atoms with van der Waals surface area (Å²) in [6.45, 7) is 12.0. The van der Waals surface area contributed by atoms with Gasteiger partial charge in [0.25, 0.3) is 0 Å². The Labute approximate surface area is 609 Å². The molecule has 102 heavy (non-hydrogen) atoms. The van der Waals surface area contributed by atoms with Crippen molar-refractivity contribution in [1.29, 1.82) is 21.0 Å². The number of nitriles is 4. The van der Waals surface area contributed by atoms with Crippen LogP contribution in [0.15, 0.2) is 104 Å². The number of hydrogen-bond acceptors (Lipinski definition) is 19. The summed E-state index contributed by atoms with van der Waals surface area (Å²) in [5.41, 5.74) is 22.4. The van der Waals surface area contributed by atoms with Crippen molar-refractivity contribution in [3.05, 3.63) is 146 Å². The Kier molecular flexibility index (Phi) is 23.3. The second-order valence-electron chi connectivity index (χ2n) is 29.2. The monoisotopic (exact) mass is 1510 g/mol. The zero-order valence-electron chi connectivity index (χ0n) is 59.3. The van der Waals surface area contributed by atoms with E-state index in [-0.39, 0.29) is 31.5 Å². The molecule has 0 radical (unpaired) electrons. The van der Waals surface area contributed by atoms with Gasteiger partial charge in [0.15, 0.2) is 29.5 Å². The highest BCUT2D eigenvalue weighted by Crippen LogP contribution is 2.57. The predicted molar refractivity (Wildman–Crippen MR) is 399 cm³/mol. The number of piperidine rings is 4. The van der Waals surface area contributed by atoms with Crippen molar-refractivity contribution in [2.45, 2.75) is 144 Å². The van der Waals surface area contributed by atoms with Crippen LogP contribution in [0.2, 0.25) is 0 Å². The summed E-state index contributed by atoms with van der Waals surface area (Å²) in [5.74, 6) is 0.358. The van der Waals surface area contributed by atoms with Crippen molar-refractivity contribution >= 4 is 79.6 Å². The average molecular weight is 1510 g/mol. The van der Waals surface area contributed by atoms with E-state index in [9.17, 15) is 49.8 Å². The first-order valence-corrected chi connectivity index (χ1v) is 41.2. The normalized spacial score (nSPS) is 18.3. The van der Waals surface area contributed by atoms with E-state index in [1.54, 1.807) is 32.4 Å². The molecule has 542 valence electrons. The topological polar surface area (TPSA) is 293 Å². The number of rotatable bonds is 13. The molecule has 6 aromatic carbocycles. The fourth-order valence-electron chi connectivity index (χ4n) is 14.4. The number of aryl methyl sites for hydroxylation is 2. The summed E-state index contributed by atoms with van der Waals surface area (Å²) in [6.07, 6.45) is 22.7. The van der Waals surface area contributed by atoms with E-state index >= 15 is 0 Å². The predicted octanol–water partition coefficient (Wildman–Crippen LogP) is 14.0. The summed E-state index contributed by atoms with van der Waals surface area (Å²) in [6, 6.07) is 32.0. The van der Waals surface area contributed by atoms with E-state index in [1.165, 1.54) is 99.8 Å². The van der Waals surface area contributed by atoms with Crippen LogP contribution >= 0.6 is 15.9 Å². The van der Waals surface area contributed by atoms with Gasteiger partial charge in [-0.25, -0.2) is 34.0 Å². The molecule has 14 rings (SSSR count). The highest BCUT2D eigenvalue weighted by Gasteiger charge is 2.48. The van der Waals surface area contributed by atoms with Gasteiger partial charge in [-0.15, -0.1) is 0 Å². The first kappa shape index (κ1) is 76.5. The standard InChI is InChI=1S/C24H29N3O2S.C15H17FN2O2S.C15H19N3O2S.C14H14BrFN2.C9H13NO2/c1-17-4-5-19(18(2)12-17)16-26-22-13-20(30(3,28)29)14-23(21(22)15-25)27-10-8-24(6-7-24)9-11-27;1-21(19,20)11-8-13(16)12(10-17)14(9-11)18-6-4-15(2-3-15)5-7-18;1-21(19,20)11-8-13(17)12(10-16)14(9-11)18-6-4-15(2-3-15)5-7-18;15-10-7-12(16)11(9-17)13(8-10)18-5-3-14(1-2-14)4-6-18;1-11-8-4-3-7(6-10)9(5-8)12-2/h4-5,12-14,26H,6-11,16H2,1-3H3;8-9H,2-7H2,1H3;8-9H,2-7,17H2,1H3;7-8H,1-6H2;3-5H,6,10H2,1-2H3. The number of nitrogen functional groups attached to an aromatic ring is 1. The molecule has 4 saturated carbocycles. The number of nitrogens with zero attached hydrogens (tertiary/aromatic N) is 8. The fourth-order valence-corrected chi connectivity index (χ4v) is 16.8. The van der Waals surface area contributed by atoms with Gasteiger partial charge in [-0.05, 0) is 204 Å². The van der Waals surface area contributed by atoms with Crippen LogP contribution in [-0.2, 0) is 42.6 Å². The number of hydrogen-bond donors (Lipinski definition) is 3. The molecule has 0 aromatic heterocycles. The molecule has 4 aliphatic carbocycles. The van der Waals surface area contributed by atoms with Crippen molar-refractivity contribution in [3.8, 4) is 35.8 Å². The molecule has 0 atom stereocenters. The minimum atomic E-state index is -3.50. The molecule has 4 spiro atoms. The van der Waals surface area contributed by atoms with E-state index in [4.69, 9.17) is 26.2 Å². The Morgan fingerprint density at radius 1 is 0.480 bits per heavy atom. The molecule has 0 unspecified atom stereocenters. The first-order chi connectivity index (χ1) is 48.3. The van der Waals surface area contributed by atoms with E-state index in [0.29, 0.717) is 67.4 Å². The van der Waals surface area contributed by atoms with Crippen LogP contribution in [0, 0.1) is 92.5 Å². The van der Waals surface area contributed by atoms with E-state index in [1.807, 2.05) is 41.3 Å². The van der Waals surface area contributed by atoms with E-state index in [2.05, 4.69) is 80.1 Å². The number of ether oxygens (including phenoxy) is 2. The highest BCUT2D eigenvalue weighted by molar-refractivity contribution is 9.10. The third-order valence-electron chi connectivity index (χ3n) is 22.2. The first-order valence-electron chi connectivity index (χ1n) is 34.7. The van der Waals surface area contributed by atoms with E-state index in [0.717, 1.165) is 143 Å². The van der Waals surface area contributed by atoms with Gasteiger partial charge in [-0.3, -0.25) is 0 Å². The number of sulfone groups is 3. The lowest BCUT2D eigenvalue weighted by Crippen LogP contribution is -2.35. The summed E-state index contributed by atoms with van der Waals surface area (Å²) in [7, 11) is -6.99. The second kappa shape index (κ2) is 31.0. The van der Waals surface area contributed by atoms with Gasteiger partial charge in [0, 0.05) is 100 Å². The fraction of sp³-hybridized carbons (Fsp3) is 0.481. The van der Waals surface area contributed by atoms with Crippen LogP contribution in [-0.4, -0.2) is 111 Å². The molecule has 5 N–H and O–H groups in total. The summed E-state index contributed by atoms with van der Waals surface area (Å²) in [5, 5.41) is 40.9. The molecular weight excluding hydrogens is 1420 g/mol. The molecule has 4 aliphatic heterocycles. The van der Waals surface area contributed by atoms with Crippen molar-refractivity contribution < 1.29 is 43.5 Å². The Bertz CT molecular complexity index is 4540. The molecule has 8 aliphatic rings. The average Bonchev–Trinajstić information content (AvgIpc) is 1.49. The van der Waals surface area contributed by atoms with Crippen LogP contribution in [0.5, 0.6) is 11.5 Å². The smallest absolute Gasteiger partial charge is 0.175 e. The molecule has 19 nitrogen and oxygen atoms in total. The lowest BCUT2D eigenvalue weighted by atomic mass is 9.93. The number of methoxy groups -OCH3 is 2. The largest absolute Gasteiger partial charge is 0.497 e. The molecule has 25 heteroatoms. The number of anilines is 6. The van der Waals surface area contributed by atoms with Crippen LogP contribution < -0.4 is 45.9 Å². The zero-order valence-corrected chi connectivity index (χ0v) is 63.4. The van der Waals surface area contributed by atoms with Gasteiger partial charge in [0.2, 0.25) is 0 Å². The molecule has 4 saturated heterocycles. The number of nitrogens with one attached hydrogen (secondary N) is 1. The summed E-state index contributed by atoms with van der Waals surface area (Å²) in [4.78, 5) is 8.76. The number of benzene rings is 6. The second-order valence-corrected chi connectivity index (χ2v) is 36.2. The Morgan fingerprint density at radius 2 is 0.853 bits per heavy atom. The Balaban J connectivity index is 0.000000141. The van der Waals surface area contributed by atoms with Crippen LogP contribution in [0.1, 0.15) is 147 Å².